The summed E-state index contributed by atoms with van der Waals surface area (Å²) in [5, 5.41) is 0. The Bertz CT molecular complexity index is 289. The first-order valence-electron chi connectivity index (χ1n) is 4.35. The summed E-state index contributed by atoms with van der Waals surface area (Å²) in [6.45, 7) is 3.12. The smallest absolute Gasteiger partial charge is 0.325 e. The van der Waals surface area contributed by atoms with E-state index in [-0.39, 0.29) is 17.4 Å². The number of ether oxygens (including phenoxy) is 1. The van der Waals surface area contributed by atoms with E-state index >= 15 is 0 Å². The van der Waals surface area contributed by atoms with Crippen molar-refractivity contribution in [2.45, 2.75) is 13.8 Å². The Labute approximate surface area is 94.6 Å². The van der Waals surface area contributed by atoms with Crippen LogP contribution >= 0.6 is 12.2 Å². The van der Waals surface area contributed by atoms with Crippen LogP contribution in [-0.2, 0) is 14.3 Å². The maximum Gasteiger partial charge on any atom is 0.325 e. The highest BCUT2D eigenvalue weighted by atomic mass is 32.1. The van der Waals surface area contributed by atoms with E-state index in [4.69, 9.17) is 18.0 Å². The van der Waals surface area contributed by atoms with Crippen molar-refractivity contribution in [2.24, 2.45) is 11.1 Å². The van der Waals surface area contributed by atoms with E-state index in [0.717, 1.165) is 0 Å². The third kappa shape index (κ3) is 3.47. The normalized spacial score (nSPS) is 10.7. The molecule has 5 nitrogen and oxygen atoms in total. The molecule has 0 heterocycles. The van der Waals surface area contributed by atoms with Gasteiger partial charge >= 0.3 is 5.97 Å². The van der Waals surface area contributed by atoms with Crippen LogP contribution in [0.2, 0.25) is 0 Å². The van der Waals surface area contributed by atoms with Crippen molar-refractivity contribution in [3.8, 4) is 0 Å². The van der Waals surface area contributed by atoms with Gasteiger partial charge in [-0.2, -0.15) is 0 Å². The van der Waals surface area contributed by atoms with E-state index in [0.29, 0.717) is 0 Å². The average Bonchev–Trinajstić information content (AvgIpc) is 2.15. The van der Waals surface area contributed by atoms with Crippen molar-refractivity contribution >= 4 is 29.1 Å². The molecule has 0 aromatic carbocycles. The molecule has 0 aromatic rings. The quantitative estimate of drug-likeness (QED) is 0.542. The SMILES string of the molecule is COC(=O)CN(C)C(=O)C(C)(C)C(N)=S. The number of carbonyl (C=O) groups excluding carboxylic acids is 2. The van der Waals surface area contributed by atoms with Gasteiger partial charge in [0.25, 0.3) is 0 Å². The number of methoxy groups -OCH3 is 1. The lowest BCUT2D eigenvalue weighted by Gasteiger charge is -2.27. The number of thiocarbonyl (C=S) groups is 1. The van der Waals surface area contributed by atoms with Crippen molar-refractivity contribution < 1.29 is 14.3 Å². The van der Waals surface area contributed by atoms with Crippen LogP contribution in [0.5, 0.6) is 0 Å². The van der Waals surface area contributed by atoms with Gasteiger partial charge in [0.1, 0.15) is 6.54 Å². The van der Waals surface area contributed by atoms with Crippen LogP contribution in [0.4, 0.5) is 0 Å². The lowest BCUT2D eigenvalue weighted by Crippen LogP contribution is -2.47. The molecule has 0 bridgehead atoms. The number of nitrogens with two attached hydrogens (primary N) is 1. The molecule has 1 amide bonds. The van der Waals surface area contributed by atoms with E-state index in [9.17, 15) is 9.59 Å². The summed E-state index contributed by atoms with van der Waals surface area (Å²) in [7, 11) is 2.76. The Morgan fingerprint density at radius 2 is 1.93 bits per heavy atom. The van der Waals surface area contributed by atoms with Crippen LogP contribution < -0.4 is 5.73 Å². The van der Waals surface area contributed by atoms with Crippen LogP contribution in [0.1, 0.15) is 13.8 Å². The third-order valence-corrected chi connectivity index (χ3v) is 2.60. The standard InChI is InChI=1S/C9H16N2O3S/c1-9(2,7(10)15)8(13)11(3)5-6(12)14-4/h5H2,1-4H3,(H2,10,15). The molecule has 0 aliphatic carbocycles. The minimum Gasteiger partial charge on any atom is -0.468 e. The highest BCUT2D eigenvalue weighted by molar-refractivity contribution is 7.80. The van der Waals surface area contributed by atoms with Gasteiger partial charge in [-0.25, -0.2) is 0 Å². The molecule has 0 fully saturated rings. The molecule has 0 rings (SSSR count). The number of amides is 1. The fraction of sp³-hybridized carbons (Fsp3) is 0.667. The topological polar surface area (TPSA) is 72.6 Å². The zero-order chi connectivity index (χ0) is 12.2. The molecule has 0 atom stereocenters. The molecule has 0 spiro atoms. The first kappa shape index (κ1) is 13.8. The molecule has 86 valence electrons. The Balaban J connectivity index is 4.58. The Morgan fingerprint density at radius 3 is 2.27 bits per heavy atom. The van der Waals surface area contributed by atoms with Crippen LogP contribution in [0.25, 0.3) is 0 Å². The molecule has 0 aromatic heterocycles. The van der Waals surface area contributed by atoms with Gasteiger partial charge in [0.2, 0.25) is 5.91 Å². The van der Waals surface area contributed by atoms with Gasteiger partial charge in [-0.05, 0) is 13.8 Å². The number of nitrogens with zero attached hydrogens (tertiary/aromatic N) is 1. The highest BCUT2D eigenvalue weighted by Gasteiger charge is 2.34. The predicted octanol–water partition coefficient (Wildman–Crippen LogP) is -0.0699. The third-order valence-electron chi connectivity index (χ3n) is 2.09. The fourth-order valence-corrected chi connectivity index (χ4v) is 1.000. The van der Waals surface area contributed by atoms with Crippen molar-refractivity contribution in [2.75, 3.05) is 20.7 Å². The molecule has 0 radical (unpaired) electrons. The molecule has 0 saturated carbocycles. The maximum absolute atomic E-state index is 11.8. The number of esters is 1. The van der Waals surface area contributed by atoms with Crippen LogP contribution in [0.15, 0.2) is 0 Å². The predicted molar refractivity (Wildman–Crippen MR) is 60.2 cm³/mol. The lowest BCUT2D eigenvalue weighted by molar-refractivity contribution is -0.148. The molecule has 0 aliphatic heterocycles. The summed E-state index contributed by atoms with van der Waals surface area (Å²) in [6, 6.07) is 0. The fourth-order valence-electron chi connectivity index (χ4n) is 0.913. The van der Waals surface area contributed by atoms with Crippen LogP contribution in [-0.4, -0.2) is 42.5 Å². The summed E-state index contributed by atoms with van der Waals surface area (Å²) in [5.74, 6) is -0.787. The van der Waals surface area contributed by atoms with E-state index in [1.54, 1.807) is 13.8 Å². The highest BCUT2D eigenvalue weighted by Crippen LogP contribution is 2.18. The molecular formula is C9H16N2O3S. The molecule has 2 N–H and O–H groups in total. The van der Waals surface area contributed by atoms with E-state index in [2.05, 4.69) is 4.74 Å². The van der Waals surface area contributed by atoms with Gasteiger partial charge < -0.3 is 15.4 Å². The number of carbonyl (C=O) groups is 2. The Morgan fingerprint density at radius 1 is 1.47 bits per heavy atom. The first-order valence-corrected chi connectivity index (χ1v) is 4.76. The Hall–Kier alpha value is -1.17. The van der Waals surface area contributed by atoms with E-state index < -0.39 is 11.4 Å². The summed E-state index contributed by atoms with van der Waals surface area (Å²) < 4.78 is 4.45. The average molecular weight is 232 g/mol. The van der Waals surface area contributed by atoms with Gasteiger partial charge in [0, 0.05) is 7.05 Å². The second-order valence-electron chi connectivity index (χ2n) is 3.73. The number of hydrogen-bond acceptors (Lipinski definition) is 4. The summed E-state index contributed by atoms with van der Waals surface area (Å²) in [4.78, 5) is 24.1. The molecule has 15 heavy (non-hydrogen) atoms. The van der Waals surface area contributed by atoms with Crippen molar-refractivity contribution in [3.63, 3.8) is 0 Å². The van der Waals surface area contributed by atoms with E-state index in [1.165, 1.54) is 19.1 Å². The van der Waals surface area contributed by atoms with Gasteiger partial charge in [-0.3, -0.25) is 9.59 Å². The second-order valence-corrected chi connectivity index (χ2v) is 4.17. The van der Waals surface area contributed by atoms with Gasteiger partial charge in [-0.15, -0.1) is 0 Å². The largest absolute Gasteiger partial charge is 0.468 e. The molecule has 0 unspecified atom stereocenters. The molecular weight excluding hydrogens is 216 g/mol. The summed E-state index contributed by atoms with van der Waals surface area (Å²) in [5.41, 5.74) is 4.49. The first-order chi connectivity index (χ1) is 6.73. The van der Waals surface area contributed by atoms with Gasteiger partial charge in [0.15, 0.2) is 0 Å². The van der Waals surface area contributed by atoms with Crippen LogP contribution in [0, 0.1) is 5.41 Å². The molecule has 0 saturated heterocycles. The molecule has 6 heteroatoms. The number of hydrogen-bond donors (Lipinski definition) is 1. The number of likely N-dealkylation sites (N-methyl/N-ethyl adjacent to an activating group) is 1. The number of rotatable bonds is 4. The summed E-state index contributed by atoms with van der Waals surface area (Å²) >= 11 is 4.78. The second kappa shape index (κ2) is 5.06. The van der Waals surface area contributed by atoms with Gasteiger partial charge in [0.05, 0.1) is 17.5 Å². The summed E-state index contributed by atoms with van der Waals surface area (Å²) in [6.07, 6.45) is 0. The maximum atomic E-state index is 11.8. The monoisotopic (exact) mass is 232 g/mol. The van der Waals surface area contributed by atoms with Crippen molar-refractivity contribution in [1.82, 2.24) is 4.90 Å². The minimum atomic E-state index is -0.946. The lowest BCUT2D eigenvalue weighted by atomic mass is 9.92. The van der Waals surface area contributed by atoms with E-state index in [1.807, 2.05) is 0 Å². The van der Waals surface area contributed by atoms with Crippen LogP contribution in [0.3, 0.4) is 0 Å². The van der Waals surface area contributed by atoms with Gasteiger partial charge in [-0.1, -0.05) is 12.2 Å². The minimum absolute atomic E-state index is 0.101. The zero-order valence-electron chi connectivity index (χ0n) is 9.36. The van der Waals surface area contributed by atoms with Crippen molar-refractivity contribution in [3.05, 3.63) is 0 Å². The molecule has 0 aliphatic rings. The van der Waals surface area contributed by atoms with Crippen molar-refractivity contribution in [1.29, 1.82) is 0 Å². The zero-order valence-corrected chi connectivity index (χ0v) is 10.2. The Kier molecular flexibility index (Phi) is 4.67.